The summed E-state index contributed by atoms with van der Waals surface area (Å²) in [5.74, 6) is 2.05. The van der Waals surface area contributed by atoms with Crippen LogP contribution in [-0.2, 0) is 18.5 Å². The summed E-state index contributed by atoms with van der Waals surface area (Å²) in [4.78, 5) is 4.64. The topological polar surface area (TPSA) is 49.0 Å². The monoisotopic (exact) mass is 494 g/mol. The largest absolute Gasteiger partial charge is 0.478 e. The molecule has 0 amide bonds. The van der Waals surface area contributed by atoms with Gasteiger partial charge in [-0.05, 0) is 74.8 Å². The molecule has 0 saturated heterocycles. The van der Waals surface area contributed by atoms with Crippen molar-refractivity contribution in [3.05, 3.63) is 58.7 Å². The molecule has 0 aromatic heterocycles. The minimum absolute atomic E-state index is 0.0958. The molecule has 198 valence electrons. The molecule has 0 saturated carbocycles. The first-order valence-corrected chi connectivity index (χ1v) is 13.8. The van der Waals surface area contributed by atoms with Crippen LogP contribution in [-0.4, -0.2) is 63.0 Å². The molecule has 2 N–H and O–H groups in total. The number of nitrogens with zero attached hydrogens (tertiary/aromatic N) is 2. The van der Waals surface area contributed by atoms with Crippen LogP contribution in [0, 0.1) is 0 Å². The van der Waals surface area contributed by atoms with Crippen LogP contribution in [0.5, 0.6) is 11.5 Å². The van der Waals surface area contributed by atoms with Gasteiger partial charge in [-0.15, -0.1) is 0 Å². The molecule has 0 unspecified atom stereocenters. The van der Waals surface area contributed by atoms with Crippen molar-refractivity contribution in [1.29, 1.82) is 0 Å². The summed E-state index contributed by atoms with van der Waals surface area (Å²) < 4.78 is 12.0. The smallest absolute Gasteiger partial charge is 0.142 e. The maximum Gasteiger partial charge on any atom is 0.142 e. The summed E-state index contributed by atoms with van der Waals surface area (Å²) in [5, 5.41) is 6.97. The van der Waals surface area contributed by atoms with Crippen LogP contribution in [0.2, 0.25) is 0 Å². The lowest BCUT2D eigenvalue weighted by Gasteiger charge is -2.33. The molecule has 0 fully saturated rings. The average molecular weight is 495 g/mol. The van der Waals surface area contributed by atoms with Crippen LogP contribution in [0.15, 0.2) is 36.4 Å². The molecule has 0 aliphatic carbocycles. The Morgan fingerprint density at radius 1 is 0.778 bits per heavy atom. The van der Waals surface area contributed by atoms with Gasteiger partial charge in [0.15, 0.2) is 0 Å². The van der Waals surface area contributed by atoms with Crippen molar-refractivity contribution in [2.24, 2.45) is 0 Å². The van der Waals surface area contributed by atoms with E-state index in [-0.39, 0.29) is 5.41 Å². The Morgan fingerprint density at radius 3 is 2.11 bits per heavy atom. The lowest BCUT2D eigenvalue weighted by atomic mass is 9.77. The van der Waals surface area contributed by atoms with Crippen LogP contribution >= 0.6 is 0 Å². The molecule has 2 aromatic rings. The van der Waals surface area contributed by atoms with E-state index in [1.165, 1.54) is 47.9 Å². The Balaban J connectivity index is 1.28. The molecule has 2 aromatic carbocycles. The average Bonchev–Trinajstić information content (AvgIpc) is 2.88. The molecule has 0 spiro atoms. The molecule has 4 rings (SSSR count). The lowest BCUT2D eigenvalue weighted by Crippen LogP contribution is -2.33. The second-order valence-corrected chi connectivity index (χ2v) is 10.9. The molecular formula is C30H46N4O2. The van der Waals surface area contributed by atoms with Gasteiger partial charge in [-0.2, -0.15) is 0 Å². The van der Waals surface area contributed by atoms with Crippen LogP contribution in [0.1, 0.15) is 68.7 Å². The molecule has 0 atom stereocenters. The minimum atomic E-state index is -0.0958. The van der Waals surface area contributed by atoms with E-state index in [0.717, 1.165) is 57.3 Å². The third-order valence-electron chi connectivity index (χ3n) is 7.47. The van der Waals surface area contributed by atoms with E-state index in [0.29, 0.717) is 13.5 Å². The Bertz CT molecular complexity index is 977. The fourth-order valence-corrected chi connectivity index (χ4v) is 5.10. The van der Waals surface area contributed by atoms with Gasteiger partial charge in [-0.25, -0.2) is 0 Å². The van der Waals surface area contributed by atoms with Gasteiger partial charge < -0.3 is 20.1 Å². The van der Waals surface area contributed by atoms with Crippen LogP contribution < -0.4 is 20.1 Å². The summed E-state index contributed by atoms with van der Waals surface area (Å²) in [6, 6.07) is 13.5. The fourth-order valence-electron chi connectivity index (χ4n) is 5.10. The summed E-state index contributed by atoms with van der Waals surface area (Å²) in [7, 11) is 2.10. The van der Waals surface area contributed by atoms with Gasteiger partial charge in [0.25, 0.3) is 0 Å². The number of benzene rings is 2. The second-order valence-electron chi connectivity index (χ2n) is 10.9. The van der Waals surface area contributed by atoms with Crippen LogP contribution in [0.3, 0.4) is 0 Å². The lowest BCUT2D eigenvalue weighted by molar-refractivity contribution is 0.0934. The van der Waals surface area contributed by atoms with Crippen molar-refractivity contribution < 1.29 is 9.47 Å². The van der Waals surface area contributed by atoms with E-state index >= 15 is 0 Å². The standard InChI is InChI=1S/C30H46N4O2/c1-5-13-31-15-16-32-14-7-6-8-17-34-21-25-19-27(10-12-29(25)36-23-34)30(2,3)26-9-11-28-24(18-26)20-33(4)22-35-28/h9-12,18-19,31-32H,5-8,13-17,20-23H2,1-4H3. The maximum atomic E-state index is 6.12. The Kier molecular flexibility index (Phi) is 9.66. The zero-order chi connectivity index (χ0) is 25.4. The molecule has 0 radical (unpaired) electrons. The summed E-state index contributed by atoms with van der Waals surface area (Å²) in [5.41, 5.74) is 5.13. The zero-order valence-corrected chi connectivity index (χ0v) is 22.9. The minimum Gasteiger partial charge on any atom is -0.478 e. The predicted octanol–water partition coefficient (Wildman–Crippen LogP) is 4.71. The Morgan fingerprint density at radius 2 is 1.42 bits per heavy atom. The van der Waals surface area contributed by atoms with E-state index in [2.05, 4.69) is 84.7 Å². The first-order chi connectivity index (χ1) is 17.5. The van der Waals surface area contributed by atoms with Crippen molar-refractivity contribution >= 4 is 0 Å². The maximum absolute atomic E-state index is 6.12. The molecule has 2 aliphatic rings. The third kappa shape index (κ3) is 7.00. The number of hydrogen-bond donors (Lipinski definition) is 2. The molecule has 2 aliphatic heterocycles. The molecule has 36 heavy (non-hydrogen) atoms. The van der Waals surface area contributed by atoms with E-state index < -0.39 is 0 Å². The van der Waals surface area contributed by atoms with E-state index in [1.807, 2.05) is 0 Å². The van der Waals surface area contributed by atoms with Crippen LogP contribution in [0.4, 0.5) is 0 Å². The van der Waals surface area contributed by atoms with Crippen molar-refractivity contribution in [3.8, 4) is 11.5 Å². The van der Waals surface area contributed by atoms with E-state index in [9.17, 15) is 0 Å². The summed E-state index contributed by atoms with van der Waals surface area (Å²) in [6.45, 7) is 15.5. The number of unbranched alkanes of at least 4 members (excludes halogenated alkanes) is 2. The first-order valence-electron chi connectivity index (χ1n) is 13.8. The predicted molar refractivity (Wildman–Crippen MR) is 148 cm³/mol. The Labute approximate surface area is 218 Å². The van der Waals surface area contributed by atoms with Gasteiger partial charge in [0.1, 0.15) is 25.0 Å². The number of hydrogen-bond acceptors (Lipinski definition) is 6. The van der Waals surface area contributed by atoms with Crippen molar-refractivity contribution in [1.82, 2.24) is 20.4 Å². The van der Waals surface area contributed by atoms with Crippen molar-refractivity contribution in [2.75, 3.05) is 53.2 Å². The number of nitrogens with one attached hydrogen (secondary N) is 2. The van der Waals surface area contributed by atoms with Gasteiger partial charge in [0.2, 0.25) is 0 Å². The van der Waals surface area contributed by atoms with Crippen LogP contribution in [0.25, 0.3) is 0 Å². The van der Waals surface area contributed by atoms with Gasteiger partial charge in [-0.3, -0.25) is 9.80 Å². The summed E-state index contributed by atoms with van der Waals surface area (Å²) in [6.07, 6.45) is 4.90. The number of rotatable bonds is 13. The van der Waals surface area contributed by atoms with E-state index in [4.69, 9.17) is 9.47 Å². The quantitative estimate of drug-likeness (QED) is 0.394. The highest BCUT2D eigenvalue weighted by molar-refractivity contribution is 5.48. The highest BCUT2D eigenvalue weighted by Gasteiger charge is 2.27. The number of fused-ring (bicyclic) bond motifs is 2. The first kappa shape index (κ1) is 26.9. The zero-order valence-electron chi connectivity index (χ0n) is 22.9. The molecule has 6 heteroatoms. The van der Waals surface area contributed by atoms with Crippen molar-refractivity contribution in [2.45, 2.75) is 65.0 Å². The van der Waals surface area contributed by atoms with Gasteiger partial charge in [0, 0.05) is 49.3 Å². The SMILES string of the molecule is CCCNCCNCCCCCN1COc2ccc(C(C)(C)c3ccc4c(c3)CN(C)CO4)cc2C1. The molecular weight excluding hydrogens is 448 g/mol. The fraction of sp³-hybridized carbons (Fsp3) is 0.600. The molecule has 6 nitrogen and oxygen atoms in total. The molecule has 0 bridgehead atoms. The van der Waals surface area contributed by atoms with E-state index in [1.54, 1.807) is 0 Å². The highest BCUT2D eigenvalue weighted by Crippen LogP contribution is 2.38. The van der Waals surface area contributed by atoms with Gasteiger partial charge in [-0.1, -0.05) is 39.3 Å². The summed E-state index contributed by atoms with van der Waals surface area (Å²) >= 11 is 0. The highest BCUT2D eigenvalue weighted by atomic mass is 16.5. The normalized spacial score (nSPS) is 16.2. The second kappa shape index (κ2) is 12.9. The van der Waals surface area contributed by atoms with Gasteiger partial charge in [0.05, 0.1) is 0 Å². The number of ether oxygens (including phenoxy) is 2. The molecule has 2 heterocycles. The van der Waals surface area contributed by atoms with Gasteiger partial charge >= 0.3 is 0 Å². The Hall–Kier alpha value is -2.12. The van der Waals surface area contributed by atoms with Crippen molar-refractivity contribution in [3.63, 3.8) is 0 Å². The third-order valence-corrected chi connectivity index (χ3v) is 7.47.